The summed E-state index contributed by atoms with van der Waals surface area (Å²) in [7, 11) is 1.60. The molecule has 2 amide bonds. The van der Waals surface area contributed by atoms with Crippen molar-refractivity contribution in [3.05, 3.63) is 69.9 Å². The zero-order valence-corrected chi connectivity index (χ0v) is 22.4. The summed E-state index contributed by atoms with van der Waals surface area (Å²) in [6, 6.07) is 12.9. The average molecular weight is 550 g/mol. The van der Waals surface area contributed by atoms with Crippen molar-refractivity contribution in [1.82, 2.24) is 25.4 Å². The van der Waals surface area contributed by atoms with Gasteiger partial charge in [0, 0.05) is 23.7 Å². The van der Waals surface area contributed by atoms with Crippen LogP contribution in [0, 0.1) is 0 Å². The van der Waals surface area contributed by atoms with E-state index in [0.29, 0.717) is 16.0 Å². The highest BCUT2D eigenvalue weighted by atomic mass is 32.1. The largest absolute Gasteiger partial charge is 0.497 e. The Balaban J connectivity index is 1.15. The normalized spacial score (nSPS) is 17.1. The van der Waals surface area contributed by atoms with Gasteiger partial charge in [-0.2, -0.15) is 0 Å². The Labute approximate surface area is 227 Å². The number of rotatable bonds is 9. The average Bonchev–Trinajstić information content (AvgIpc) is 3.59. The number of nitrogens with one attached hydrogen (secondary N) is 2. The maximum absolute atomic E-state index is 12.5. The van der Waals surface area contributed by atoms with Crippen LogP contribution in [0.25, 0.3) is 0 Å². The highest BCUT2D eigenvalue weighted by Gasteiger charge is 2.29. The number of hydrogen-bond donors (Lipinski definition) is 2. The Morgan fingerprint density at radius 3 is 2.21 bits per heavy atom. The molecule has 5 rings (SSSR count). The summed E-state index contributed by atoms with van der Waals surface area (Å²) in [6.07, 6.45) is 6.02. The van der Waals surface area contributed by atoms with Crippen LogP contribution >= 0.6 is 22.7 Å². The molecule has 196 valence electrons. The topological polar surface area (TPSA) is 132 Å². The number of aromatic nitrogens is 5. The van der Waals surface area contributed by atoms with Gasteiger partial charge in [0.1, 0.15) is 15.8 Å². The van der Waals surface area contributed by atoms with E-state index in [4.69, 9.17) is 4.74 Å². The molecular weight excluding hydrogens is 522 g/mol. The summed E-state index contributed by atoms with van der Waals surface area (Å²) in [5, 5.41) is 25.7. The number of carbonyl (C=O) groups excluding carboxylic acids is 2. The lowest BCUT2D eigenvalue weighted by molar-refractivity contribution is -0.116. The number of nitrogens with zero attached hydrogens (tertiary/aromatic N) is 5. The Morgan fingerprint density at radius 1 is 0.895 bits per heavy atom. The second kappa shape index (κ2) is 12.2. The summed E-state index contributed by atoms with van der Waals surface area (Å²) >= 11 is 2.84. The van der Waals surface area contributed by atoms with Crippen molar-refractivity contribution in [3.63, 3.8) is 0 Å². The molecule has 1 aliphatic rings. The van der Waals surface area contributed by atoms with E-state index in [1.807, 2.05) is 42.5 Å². The molecule has 1 fully saturated rings. The van der Waals surface area contributed by atoms with E-state index in [9.17, 15) is 9.59 Å². The van der Waals surface area contributed by atoms with Gasteiger partial charge in [-0.1, -0.05) is 47.3 Å². The van der Waals surface area contributed by atoms with Crippen LogP contribution in [0.4, 0.5) is 10.3 Å². The van der Waals surface area contributed by atoms with Crippen molar-refractivity contribution in [3.8, 4) is 5.75 Å². The van der Waals surface area contributed by atoms with Gasteiger partial charge in [-0.25, -0.2) is 0 Å². The monoisotopic (exact) mass is 549 g/mol. The molecule has 0 aliphatic heterocycles. The van der Waals surface area contributed by atoms with Gasteiger partial charge in [0.25, 0.3) is 0 Å². The van der Waals surface area contributed by atoms with E-state index in [1.54, 1.807) is 13.3 Å². The molecule has 1 saturated carbocycles. The van der Waals surface area contributed by atoms with Crippen molar-refractivity contribution in [1.29, 1.82) is 0 Å². The molecule has 0 bridgehead atoms. The first-order valence-electron chi connectivity index (χ1n) is 12.3. The first-order valence-corrected chi connectivity index (χ1v) is 14.0. The molecule has 0 unspecified atom stereocenters. The second-order valence-corrected chi connectivity index (χ2v) is 11.1. The Kier molecular flexibility index (Phi) is 8.29. The summed E-state index contributed by atoms with van der Waals surface area (Å²) in [5.41, 5.74) is 1.57. The first-order chi connectivity index (χ1) is 18.6. The smallest absolute Gasteiger partial charge is 0.232 e. The molecule has 0 radical (unpaired) electrons. The van der Waals surface area contributed by atoms with E-state index in [1.165, 1.54) is 22.7 Å². The number of hydrogen-bond acceptors (Lipinski definition) is 10. The van der Waals surface area contributed by atoms with Gasteiger partial charge in [-0.15, -0.1) is 20.4 Å². The van der Waals surface area contributed by atoms with Gasteiger partial charge in [0.15, 0.2) is 0 Å². The third-order valence-electron chi connectivity index (χ3n) is 6.31. The third kappa shape index (κ3) is 6.75. The summed E-state index contributed by atoms with van der Waals surface area (Å²) < 4.78 is 5.23. The lowest BCUT2D eigenvalue weighted by atomic mass is 9.82. The number of amides is 2. The Hall–Kier alpha value is -3.77. The van der Waals surface area contributed by atoms with Crippen molar-refractivity contribution < 1.29 is 14.3 Å². The maximum atomic E-state index is 12.5. The van der Waals surface area contributed by atoms with Crippen LogP contribution in [0.5, 0.6) is 5.75 Å². The fraction of sp³-hybridized carbons (Fsp3) is 0.346. The summed E-state index contributed by atoms with van der Waals surface area (Å²) in [5.74, 6) is 0.885. The van der Waals surface area contributed by atoms with Crippen LogP contribution in [0.2, 0.25) is 0 Å². The summed E-state index contributed by atoms with van der Waals surface area (Å²) in [6.45, 7) is 0. The number of ether oxygens (including phenoxy) is 1. The molecule has 0 saturated heterocycles. The predicted molar refractivity (Wildman–Crippen MR) is 146 cm³/mol. The minimum atomic E-state index is -0.164. The van der Waals surface area contributed by atoms with E-state index in [0.717, 1.165) is 47.0 Å². The van der Waals surface area contributed by atoms with Crippen molar-refractivity contribution >= 4 is 44.8 Å². The van der Waals surface area contributed by atoms with Crippen LogP contribution in [0.1, 0.15) is 58.8 Å². The molecule has 38 heavy (non-hydrogen) atoms. The number of anilines is 2. The lowest BCUT2D eigenvalue weighted by Gasteiger charge is -2.25. The highest BCUT2D eigenvalue weighted by molar-refractivity contribution is 7.15. The molecule has 3 aromatic heterocycles. The lowest BCUT2D eigenvalue weighted by Crippen LogP contribution is -2.14. The standard InChI is InChI=1S/C26H27N7O3S2/c1-36-20-10-4-6-16(12-20)13-21(34)28-25-32-30-23(37-25)17-7-5-8-18(14-17)24-31-33-26(38-24)29-22(35)15-19-9-2-3-11-27-19/h2-4,6,9-12,17-18H,5,7-8,13-15H2,1H3,(H,28,32,34)(H,29,33,35)/t17-,18-/m0/s1. The van der Waals surface area contributed by atoms with E-state index < -0.39 is 0 Å². The maximum Gasteiger partial charge on any atom is 0.232 e. The fourth-order valence-corrected chi connectivity index (χ4v) is 6.31. The minimum Gasteiger partial charge on any atom is -0.497 e. The molecule has 3 heterocycles. The van der Waals surface area contributed by atoms with Crippen molar-refractivity contribution in [2.45, 2.75) is 50.4 Å². The fourth-order valence-electron chi connectivity index (χ4n) is 4.50. The van der Waals surface area contributed by atoms with Gasteiger partial charge in [-0.3, -0.25) is 14.6 Å². The Morgan fingerprint density at radius 2 is 1.58 bits per heavy atom. The zero-order chi connectivity index (χ0) is 26.3. The molecule has 2 N–H and O–H groups in total. The first kappa shape index (κ1) is 25.9. The van der Waals surface area contributed by atoms with Crippen LogP contribution in [0.15, 0.2) is 48.7 Å². The molecule has 1 aromatic carbocycles. The number of methoxy groups -OCH3 is 1. The van der Waals surface area contributed by atoms with E-state index >= 15 is 0 Å². The molecule has 12 heteroatoms. The molecular formula is C26H27N7O3S2. The van der Waals surface area contributed by atoms with Gasteiger partial charge in [-0.05, 0) is 49.1 Å². The molecule has 4 aromatic rings. The number of pyridine rings is 1. The van der Waals surface area contributed by atoms with Gasteiger partial charge in [0.2, 0.25) is 22.1 Å². The molecule has 0 spiro atoms. The minimum absolute atomic E-state index is 0.144. The predicted octanol–water partition coefficient (Wildman–Crippen LogP) is 4.60. The number of benzene rings is 1. The van der Waals surface area contributed by atoms with Gasteiger partial charge in [0.05, 0.1) is 20.0 Å². The molecule has 2 atom stereocenters. The van der Waals surface area contributed by atoms with Crippen molar-refractivity contribution in [2.75, 3.05) is 17.7 Å². The van der Waals surface area contributed by atoms with Crippen LogP contribution in [-0.4, -0.2) is 44.3 Å². The SMILES string of the molecule is COc1cccc(CC(=O)Nc2nnc([C@H]3CCC[C@H](c4nnc(NC(=O)Cc5ccccn5)s4)C3)s2)c1. The molecule has 1 aliphatic carbocycles. The summed E-state index contributed by atoms with van der Waals surface area (Å²) in [4.78, 5) is 29.1. The zero-order valence-electron chi connectivity index (χ0n) is 20.8. The molecule has 10 nitrogen and oxygen atoms in total. The van der Waals surface area contributed by atoms with Crippen LogP contribution < -0.4 is 15.4 Å². The van der Waals surface area contributed by atoms with Crippen LogP contribution in [0.3, 0.4) is 0 Å². The highest BCUT2D eigenvalue weighted by Crippen LogP contribution is 2.43. The quantitative estimate of drug-likeness (QED) is 0.310. The van der Waals surface area contributed by atoms with E-state index in [2.05, 4.69) is 36.0 Å². The van der Waals surface area contributed by atoms with Crippen molar-refractivity contribution in [2.24, 2.45) is 0 Å². The number of carbonyl (C=O) groups is 2. The van der Waals surface area contributed by atoms with Gasteiger partial charge < -0.3 is 15.4 Å². The Bertz CT molecular complexity index is 1390. The second-order valence-electron chi connectivity index (χ2n) is 9.07. The van der Waals surface area contributed by atoms with E-state index in [-0.39, 0.29) is 36.5 Å². The third-order valence-corrected chi connectivity index (χ3v) is 8.32. The van der Waals surface area contributed by atoms with Crippen LogP contribution in [-0.2, 0) is 22.4 Å². The van der Waals surface area contributed by atoms with Gasteiger partial charge >= 0.3 is 0 Å².